The molecule has 0 radical (unpaired) electrons. The molecule has 2 heterocycles. The highest BCUT2D eigenvalue weighted by molar-refractivity contribution is 9.10. The van der Waals surface area contributed by atoms with Crippen LogP contribution < -0.4 is 15.8 Å². The van der Waals surface area contributed by atoms with Crippen LogP contribution in [0.2, 0.25) is 0 Å². The summed E-state index contributed by atoms with van der Waals surface area (Å²) in [6.07, 6.45) is 0. The number of allylic oxidation sites excluding steroid dienone is 1. The van der Waals surface area contributed by atoms with Crippen LogP contribution in [0.15, 0.2) is 63.4 Å². The number of hydrogen-bond acceptors (Lipinski definition) is 6. The number of ether oxygens (including phenoxy) is 1. The Hall–Kier alpha value is -2.78. The van der Waals surface area contributed by atoms with Gasteiger partial charge in [0.1, 0.15) is 18.4 Å². The molecule has 1 aromatic heterocycles. The van der Waals surface area contributed by atoms with Crippen molar-refractivity contribution in [1.29, 1.82) is 0 Å². The monoisotopic (exact) mass is 555 g/mol. The third-order valence-electron chi connectivity index (χ3n) is 5.85. The fourth-order valence-electron chi connectivity index (χ4n) is 4.05. The number of benzene rings is 2. The van der Waals surface area contributed by atoms with Crippen molar-refractivity contribution in [2.45, 2.75) is 57.8 Å². The van der Waals surface area contributed by atoms with Crippen molar-refractivity contribution in [3.63, 3.8) is 0 Å². The smallest absolute Gasteiger partial charge is 0.248 e. The molecule has 2 aromatic carbocycles. The lowest BCUT2D eigenvalue weighted by molar-refractivity contribution is -0.115. The number of amides is 1. The van der Waals surface area contributed by atoms with Crippen molar-refractivity contribution < 1.29 is 9.53 Å². The summed E-state index contributed by atoms with van der Waals surface area (Å²) in [5.41, 5.74) is 10.1. The first-order chi connectivity index (χ1) is 16.6. The number of primary amides is 1. The molecule has 0 fully saturated rings. The van der Waals surface area contributed by atoms with Crippen molar-refractivity contribution in [1.82, 2.24) is 14.8 Å². The van der Waals surface area contributed by atoms with E-state index < -0.39 is 11.9 Å². The average molecular weight is 557 g/mol. The Bertz CT molecular complexity index is 1280. The summed E-state index contributed by atoms with van der Waals surface area (Å²) >= 11 is 5.11. The van der Waals surface area contributed by atoms with E-state index in [1.54, 1.807) is 4.68 Å². The molecule has 0 saturated heterocycles. The van der Waals surface area contributed by atoms with Crippen molar-refractivity contribution in [2.24, 2.45) is 5.73 Å². The molecule has 1 unspecified atom stereocenters. The fourth-order valence-corrected chi connectivity index (χ4v) is 4.99. The predicted molar refractivity (Wildman–Crippen MR) is 144 cm³/mol. The summed E-state index contributed by atoms with van der Waals surface area (Å²) < 4.78 is 8.89. The number of thioether (sulfide) groups is 1. The van der Waals surface area contributed by atoms with E-state index in [2.05, 4.69) is 76.4 Å². The van der Waals surface area contributed by atoms with Gasteiger partial charge in [0.2, 0.25) is 17.0 Å². The normalized spacial score (nSPS) is 15.5. The van der Waals surface area contributed by atoms with Crippen LogP contribution in [0.25, 0.3) is 0 Å². The molecule has 1 aliphatic heterocycles. The van der Waals surface area contributed by atoms with Crippen LogP contribution in [0.4, 0.5) is 5.95 Å². The molecular formula is C26H30BrN5O2S. The summed E-state index contributed by atoms with van der Waals surface area (Å²) in [5, 5.41) is 8.50. The summed E-state index contributed by atoms with van der Waals surface area (Å²) in [6.45, 7) is 10.8. The molecule has 0 saturated carbocycles. The molecule has 7 nitrogen and oxygen atoms in total. The SMILES string of the molecule is CCSc1nc2n(n1)C(c1cc(Br)ccc1OCc1ccc(C(C)(C)C)cc1)C(C(N)=O)=C(C)N2. The lowest BCUT2D eigenvalue weighted by Crippen LogP contribution is -2.32. The van der Waals surface area contributed by atoms with Crippen LogP contribution in [0.5, 0.6) is 5.75 Å². The standard InChI is InChI=1S/C26H30BrN5O2S/c1-6-35-25-30-24-29-15(2)21(23(28)33)22(32(24)31-25)19-13-18(27)11-12-20(19)34-14-16-7-9-17(10-8-16)26(3,4)5/h7-13,22H,6,14H2,1-5H3,(H2,28,33)(H,29,30,31). The van der Waals surface area contributed by atoms with Crippen LogP contribution in [-0.4, -0.2) is 26.4 Å². The Morgan fingerprint density at radius 3 is 2.57 bits per heavy atom. The number of nitrogens with one attached hydrogen (secondary N) is 1. The van der Waals surface area contributed by atoms with Gasteiger partial charge in [0.15, 0.2) is 0 Å². The van der Waals surface area contributed by atoms with Crippen molar-refractivity contribution in [3.05, 3.63) is 74.9 Å². The first-order valence-electron chi connectivity index (χ1n) is 11.5. The molecule has 3 N–H and O–H groups in total. The Morgan fingerprint density at radius 2 is 1.94 bits per heavy atom. The first-order valence-corrected chi connectivity index (χ1v) is 13.2. The van der Waals surface area contributed by atoms with Crippen LogP contribution in [0, 0.1) is 0 Å². The number of anilines is 1. The van der Waals surface area contributed by atoms with E-state index in [0.29, 0.717) is 34.7 Å². The zero-order chi connectivity index (χ0) is 25.3. The number of rotatable bonds is 7. The van der Waals surface area contributed by atoms with Crippen LogP contribution in [0.1, 0.15) is 57.4 Å². The fraction of sp³-hybridized carbons (Fsp3) is 0.346. The van der Waals surface area contributed by atoms with Gasteiger partial charge in [-0.3, -0.25) is 4.79 Å². The van der Waals surface area contributed by atoms with E-state index in [9.17, 15) is 4.79 Å². The van der Waals surface area contributed by atoms with E-state index in [-0.39, 0.29) is 5.41 Å². The molecule has 35 heavy (non-hydrogen) atoms. The van der Waals surface area contributed by atoms with Gasteiger partial charge in [-0.2, -0.15) is 4.98 Å². The zero-order valence-electron chi connectivity index (χ0n) is 20.6. The van der Waals surface area contributed by atoms with Crippen LogP contribution in [0.3, 0.4) is 0 Å². The summed E-state index contributed by atoms with van der Waals surface area (Å²) in [5.74, 6) is 1.53. The molecule has 3 aromatic rings. The average Bonchev–Trinajstić information content (AvgIpc) is 3.19. The van der Waals surface area contributed by atoms with E-state index >= 15 is 0 Å². The van der Waals surface area contributed by atoms with Crippen molar-refractivity contribution in [3.8, 4) is 5.75 Å². The minimum absolute atomic E-state index is 0.0903. The number of halogens is 1. The second-order valence-electron chi connectivity index (χ2n) is 9.44. The van der Waals surface area contributed by atoms with Gasteiger partial charge in [0.25, 0.3) is 0 Å². The molecule has 4 rings (SSSR count). The maximum absolute atomic E-state index is 12.6. The lowest BCUT2D eigenvalue weighted by Gasteiger charge is -2.29. The third-order valence-corrected chi connectivity index (χ3v) is 7.07. The highest BCUT2D eigenvalue weighted by Gasteiger charge is 2.35. The molecular weight excluding hydrogens is 526 g/mol. The quantitative estimate of drug-likeness (QED) is 0.357. The van der Waals surface area contributed by atoms with Gasteiger partial charge < -0.3 is 15.8 Å². The molecule has 0 aliphatic carbocycles. The molecule has 0 spiro atoms. The molecule has 184 valence electrons. The van der Waals surface area contributed by atoms with Gasteiger partial charge in [0, 0.05) is 15.7 Å². The Labute approximate surface area is 218 Å². The minimum atomic E-state index is -0.571. The van der Waals surface area contributed by atoms with Gasteiger partial charge in [-0.05, 0) is 47.4 Å². The van der Waals surface area contributed by atoms with Crippen molar-refractivity contribution >= 4 is 39.5 Å². The first kappa shape index (κ1) is 25.3. The zero-order valence-corrected chi connectivity index (χ0v) is 23.0. The molecule has 9 heteroatoms. The van der Waals surface area contributed by atoms with Crippen molar-refractivity contribution in [2.75, 3.05) is 11.1 Å². The van der Waals surface area contributed by atoms with Crippen LogP contribution in [-0.2, 0) is 16.8 Å². The summed E-state index contributed by atoms with van der Waals surface area (Å²) in [4.78, 5) is 17.2. The maximum Gasteiger partial charge on any atom is 0.248 e. The molecule has 1 aliphatic rings. The van der Waals surface area contributed by atoms with Gasteiger partial charge in [0.05, 0.1) is 5.57 Å². The number of hydrogen-bond donors (Lipinski definition) is 2. The Morgan fingerprint density at radius 1 is 1.23 bits per heavy atom. The van der Waals surface area contributed by atoms with Gasteiger partial charge in [-0.15, -0.1) is 5.10 Å². The van der Waals surface area contributed by atoms with Crippen LogP contribution >= 0.6 is 27.7 Å². The number of carbonyl (C=O) groups excluding carboxylic acids is 1. The summed E-state index contributed by atoms with van der Waals surface area (Å²) in [6, 6.07) is 13.7. The lowest BCUT2D eigenvalue weighted by atomic mass is 9.87. The van der Waals surface area contributed by atoms with Gasteiger partial charge >= 0.3 is 0 Å². The summed E-state index contributed by atoms with van der Waals surface area (Å²) in [7, 11) is 0. The highest BCUT2D eigenvalue weighted by Crippen LogP contribution is 2.41. The molecule has 1 atom stereocenters. The number of nitrogens with zero attached hydrogens (tertiary/aromatic N) is 3. The Balaban J connectivity index is 1.72. The van der Waals surface area contributed by atoms with E-state index in [4.69, 9.17) is 10.5 Å². The second-order valence-corrected chi connectivity index (χ2v) is 11.6. The van der Waals surface area contributed by atoms with E-state index in [1.165, 1.54) is 17.3 Å². The molecule has 1 amide bonds. The third kappa shape index (κ3) is 5.41. The van der Waals surface area contributed by atoms with Gasteiger partial charge in [-0.25, -0.2) is 4.68 Å². The predicted octanol–water partition coefficient (Wildman–Crippen LogP) is 5.80. The number of fused-ring (bicyclic) bond motifs is 1. The number of aromatic nitrogens is 3. The molecule has 0 bridgehead atoms. The minimum Gasteiger partial charge on any atom is -0.489 e. The highest BCUT2D eigenvalue weighted by atomic mass is 79.9. The van der Waals surface area contributed by atoms with E-state index in [1.807, 2.05) is 32.0 Å². The largest absolute Gasteiger partial charge is 0.489 e. The van der Waals surface area contributed by atoms with E-state index in [0.717, 1.165) is 21.4 Å². The van der Waals surface area contributed by atoms with Gasteiger partial charge in [-0.1, -0.05) is 79.7 Å². The topological polar surface area (TPSA) is 95.1 Å². The number of carbonyl (C=O) groups is 1. The Kier molecular flexibility index (Phi) is 7.28. The number of nitrogens with two attached hydrogens (primary N) is 1. The maximum atomic E-state index is 12.6. The second kappa shape index (κ2) is 10.1.